The van der Waals surface area contributed by atoms with Gasteiger partial charge in [0.2, 0.25) is 10.0 Å². The lowest BCUT2D eigenvalue weighted by Crippen LogP contribution is -2.23. The Bertz CT molecular complexity index is 652. The van der Waals surface area contributed by atoms with E-state index in [1.165, 1.54) is 23.5 Å². The molecule has 0 spiro atoms. The zero-order valence-corrected chi connectivity index (χ0v) is 12.0. The Morgan fingerprint density at radius 3 is 2.84 bits per heavy atom. The maximum atomic E-state index is 12.1. The van der Waals surface area contributed by atoms with Crippen molar-refractivity contribution in [3.63, 3.8) is 0 Å². The van der Waals surface area contributed by atoms with Gasteiger partial charge in [-0.15, -0.1) is 11.3 Å². The van der Waals surface area contributed by atoms with Crippen LogP contribution in [0.2, 0.25) is 0 Å². The summed E-state index contributed by atoms with van der Waals surface area (Å²) in [6.07, 6.45) is 1.63. The predicted molar refractivity (Wildman–Crippen MR) is 73.2 cm³/mol. The second kappa shape index (κ2) is 5.79. The molecule has 0 aliphatic rings. The topological polar surface area (TPSA) is 79.3 Å². The summed E-state index contributed by atoms with van der Waals surface area (Å²) in [4.78, 5) is 4.16. The van der Waals surface area contributed by atoms with Crippen molar-refractivity contribution in [1.82, 2.24) is 9.71 Å². The van der Waals surface area contributed by atoms with E-state index in [0.717, 1.165) is 5.56 Å². The third kappa shape index (κ3) is 3.38. The van der Waals surface area contributed by atoms with E-state index < -0.39 is 10.0 Å². The number of hydrogen-bond donors (Lipinski definition) is 2. The highest BCUT2D eigenvalue weighted by atomic mass is 32.2. The first-order valence-electron chi connectivity index (χ1n) is 5.61. The number of hydrogen-bond acceptors (Lipinski definition) is 5. The number of nitrogens with one attached hydrogen (secondary N) is 1. The summed E-state index contributed by atoms with van der Waals surface area (Å²) in [5.74, 6) is 0. The van der Waals surface area contributed by atoms with Crippen molar-refractivity contribution < 1.29 is 13.5 Å². The van der Waals surface area contributed by atoms with Crippen molar-refractivity contribution in [2.75, 3.05) is 0 Å². The Hall–Kier alpha value is -1.28. The van der Waals surface area contributed by atoms with Crippen LogP contribution in [0, 0.1) is 6.92 Å². The van der Waals surface area contributed by atoms with Crippen LogP contribution in [0.15, 0.2) is 34.7 Å². The number of nitrogens with zero attached hydrogens (tertiary/aromatic N) is 1. The molecule has 0 atom stereocenters. The average molecular weight is 298 g/mol. The summed E-state index contributed by atoms with van der Waals surface area (Å²) in [6.45, 7) is 1.81. The minimum Gasteiger partial charge on any atom is -0.392 e. The summed E-state index contributed by atoms with van der Waals surface area (Å²) in [7, 11) is -3.58. The standard InChI is InChI=1S/C12H14N2O3S2/c1-9-2-3-11(6-10(9)8-15)19(16,17)14-7-12-13-4-5-18-12/h2-6,14-15H,7-8H2,1H3. The molecule has 102 valence electrons. The molecule has 2 rings (SSSR count). The van der Waals surface area contributed by atoms with Gasteiger partial charge in [0.25, 0.3) is 0 Å². The maximum Gasteiger partial charge on any atom is 0.240 e. The lowest BCUT2D eigenvalue weighted by atomic mass is 10.1. The van der Waals surface area contributed by atoms with E-state index in [0.29, 0.717) is 10.6 Å². The van der Waals surface area contributed by atoms with Crippen LogP contribution in [0.3, 0.4) is 0 Å². The monoisotopic (exact) mass is 298 g/mol. The third-order valence-electron chi connectivity index (χ3n) is 2.70. The second-order valence-corrected chi connectivity index (χ2v) is 6.74. The molecule has 19 heavy (non-hydrogen) atoms. The minimum atomic E-state index is -3.58. The fourth-order valence-corrected chi connectivity index (χ4v) is 3.25. The van der Waals surface area contributed by atoms with Gasteiger partial charge in [-0.1, -0.05) is 6.07 Å². The first-order valence-corrected chi connectivity index (χ1v) is 7.97. The van der Waals surface area contributed by atoms with E-state index in [1.807, 2.05) is 6.92 Å². The Morgan fingerprint density at radius 2 is 2.21 bits per heavy atom. The van der Waals surface area contributed by atoms with Crippen LogP contribution in [0.1, 0.15) is 16.1 Å². The van der Waals surface area contributed by atoms with Crippen molar-refractivity contribution in [3.8, 4) is 0 Å². The molecule has 0 bridgehead atoms. The molecule has 0 aliphatic heterocycles. The number of sulfonamides is 1. The lowest BCUT2D eigenvalue weighted by Gasteiger charge is -2.08. The molecule has 1 aromatic heterocycles. The van der Waals surface area contributed by atoms with E-state index in [-0.39, 0.29) is 18.0 Å². The van der Waals surface area contributed by atoms with E-state index >= 15 is 0 Å². The Kier molecular flexibility index (Phi) is 4.31. The van der Waals surface area contributed by atoms with Crippen molar-refractivity contribution in [1.29, 1.82) is 0 Å². The molecule has 1 aromatic carbocycles. The van der Waals surface area contributed by atoms with E-state index in [1.54, 1.807) is 17.6 Å². The van der Waals surface area contributed by atoms with Gasteiger partial charge in [0.15, 0.2) is 0 Å². The van der Waals surface area contributed by atoms with Crippen molar-refractivity contribution in [2.45, 2.75) is 25.0 Å². The lowest BCUT2D eigenvalue weighted by molar-refractivity contribution is 0.280. The summed E-state index contributed by atoms with van der Waals surface area (Å²) in [5.41, 5.74) is 1.47. The first-order chi connectivity index (χ1) is 9.03. The molecule has 0 amide bonds. The molecule has 0 radical (unpaired) electrons. The van der Waals surface area contributed by atoms with Crippen LogP contribution in [-0.4, -0.2) is 18.5 Å². The van der Waals surface area contributed by atoms with Crippen molar-refractivity contribution in [2.24, 2.45) is 0 Å². The Balaban J connectivity index is 2.19. The van der Waals surface area contributed by atoms with Crippen LogP contribution >= 0.6 is 11.3 Å². The smallest absolute Gasteiger partial charge is 0.240 e. The molecule has 1 heterocycles. The number of rotatable bonds is 5. The second-order valence-electron chi connectivity index (χ2n) is 4.00. The Morgan fingerprint density at radius 1 is 1.42 bits per heavy atom. The fraction of sp³-hybridized carbons (Fsp3) is 0.250. The number of thiazole rings is 1. The molecule has 2 N–H and O–H groups in total. The molecular formula is C12H14N2O3S2. The highest BCUT2D eigenvalue weighted by molar-refractivity contribution is 7.89. The predicted octanol–water partition coefficient (Wildman–Crippen LogP) is 1.42. The highest BCUT2D eigenvalue weighted by Gasteiger charge is 2.15. The quantitative estimate of drug-likeness (QED) is 0.875. The zero-order valence-electron chi connectivity index (χ0n) is 10.3. The van der Waals surface area contributed by atoms with E-state index in [4.69, 9.17) is 5.11 Å². The number of aromatic nitrogens is 1. The number of benzene rings is 1. The van der Waals surface area contributed by atoms with Crippen molar-refractivity contribution in [3.05, 3.63) is 45.9 Å². The molecule has 0 saturated heterocycles. The van der Waals surface area contributed by atoms with Crippen LogP contribution in [0.5, 0.6) is 0 Å². The molecule has 0 saturated carbocycles. The number of aryl methyl sites for hydroxylation is 1. The molecule has 2 aromatic rings. The zero-order chi connectivity index (χ0) is 13.9. The van der Waals surface area contributed by atoms with Crippen molar-refractivity contribution >= 4 is 21.4 Å². The van der Waals surface area contributed by atoms with Gasteiger partial charge in [-0.05, 0) is 30.2 Å². The van der Waals surface area contributed by atoms with Crippen LogP contribution in [-0.2, 0) is 23.2 Å². The summed E-state index contributed by atoms with van der Waals surface area (Å²) < 4.78 is 26.7. The van der Waals surface area contributed by atoms with Gasteiger partial charge >= 0.3 is 0 Å². The van der Waals surface area contributed by atoms with E-state index in [2.05, 4.69) is 9.71 Å². The van der Waals surface area contributed by atoms with Gasteiger partial charge in [-0.2, -0.15) is 0 Å². The van der Waals surface area contributed by atoms with Gasteiger partial charge in [0, 0.05) is 11.6 Å². The van der Waals surface area contributed by atoms with Gasteiger partial charge < -0.3 is 5.11 Å². The molecule has 5 nitrogen and oxygen atoms in total. The Labute approximate surface area is 116 Å². The molecule has 0 fully saturated rings. The normalized spacial score (nSPS) is 11.7. The summed E-state index contributed by atoms with van der Waals surface area (Å²) in [6, 6.07) is 4.70. The van der Waals surface area contributed by atoms with Crippen LogP contribution in [0.25, 0.3) is 0 Å². The van der Waals surface area contributed by atoms with Crippen LogP contribution in [0.4, 0.5) is 0 Å². The molecule has 0 unspecified atom stereocenters. The van der Waals surface area contributed by atoms with Crippen LogP contribution < -0.4 is 4.72 Å². The van der Waals surface area contributed by atoms with E-state index in [9.17, 15) is 8.42 Å². The molecule has 0 aliphatic carbocycles. The molecular weight excluding hydrogens is 284 g/mol. The highest BCUT2D eigenvalue weighted by Crippen LogP contribution is 2.16. The number of aliphatic hydroxyl groups excluding tert-OH is 1. The minimum absolute atomic E-state index is 0.152. The van der Waals surface area contributed by atoms with Gasteiger partial charge in [0.1, 0.15) is 5.01 Å². The third-order valence-corrected chi connectivity index (χ3v) is 4.88. The fourth-order valence-electron chi connectivity index (χ4n) is 1.57. The SMILES string of the molecule is Cc1ccc(S(=O)(=O)NCc2nccs2)cc1CO. The average Bonchev–Trinajstić information content (AvgIpc) is 2.90. The van der Waals surface area contributed by atoms with Gasteiger partial charge in [-0.3, -0.25) is 0 Å². The molecule has 7 heteroatoms. The van der Waals surface area contributed by atoms with Gasteiger partial charge in [0.05, 0.1) is 18.0 Å². The summed E-state index contributed by atoms with van der Waals surface area (Å²) in [5, 5.41) is 11.7. The van der Waals surface area contributed by atoms with Gasteiger partial charge in [-0.25, -0.2) is 18.1 Å². The summed E-state index contributed by atoms with van der Waals surface area (Å²) >= 11 is 1.39. The maximum absolute atomic E-state index is 12.1. The largest absolute Gasteiger partial charge is 0.392 e. The number of aliphatic hydroxyl groups is 1. The first kappa shape index (κ1) is 14.1.